The van der Waals surface area contributed by atoms with Gasteiger partial charge in [-0.15, -0.1) is 0 Å². The van der Waals surface area contributed by atoms with Crippen LogP contribution in [0.5, 0.6) is 0 Å². The molecule has 0 heterocycles. The lowest BCUT2D eigenvalue weighted by molar-refractivity contribution is -0.174. The van der Waals surface area contributed by atoms with E-state index in [1.54, 1.807) is 75.5 Å². The van der Waals surface area contributed by atoms with Crippen LogP contribution in [0.1, 0.15) is 39.7 Å². The highest BCUT2D eigenvalue weighted by Gasteiger charge is 2.41. The first-order chi connectivity index (χ1) is 13.8. The molecular formula is C21H27F3N2O4. The average molecular weight is 428 g/mol. The maximum absolute atomic E-state index is 12.7. The van der Waals surface area contributed by atoms with Gasteiger partial charge >= 0.3 is 18.1 Å². The first-order valence-electron chi connectivity index (χ1n) is 9.39. The van der Waals surface area contributed by atoms with Gasteiger partial charge < -0.3 is 15.4 Å². The van der Waals surface area contributed by atoms with Crippen molar-refractivity contribution >= 4 is 17.8 Å². The maximum Gasteiger partial charge on any atom is 0.471 e. The second kappa shape index (κ2) is 10.8. The topological polar surface area (TPSA) is 84.5 Å². The highest BCUT2D eigenvalue weighted by Crippen LogP contribution is 2.16. The van der Waals surface area contributed by atoms with E-state index in [2.05, 4.69) is 5.32 Å². The molecular weight excluding hydrogens is 401 g/mol. The van der Waals surface area contributed by atoms with Crippen molar-refractivity contribution in [3.8, 4) is 0 Å². The molecule has 0 aromatic heterocycles. The van der Waals surface area contributed by atoms with Crippen LogP contribution in [0.3, 0.4) is 0 Å². The Bertz CT molecular complexity index is 756. The summed E-state index contributed by atoms with van der Waals surface area (Å²) in [5, 5.41) is 4.11. The Morgan fingerprint density at radius 1 is 1.03 bits per heavy atom. The Hall–Kier alpha value is -2.84. The zero-order valence-corrected chi connectivity index (χ0v) is 17.4. The minimum absolute atomic E-state index is 0.0857. The molecule has 0 unspecified atom stereocenters. The van der Waals surface area contributed by atoms with Crippen molar-refractivity contribution in [1.82, 2.24) is 10.6 Å². The SMILES string of the molecule is C/C=C/C[C@H](NC(=O)[C@H](Cc1ccccc1)NC(=O)C(F)(F)F)C(=O)OC(C)(C)C. The van der Waals surface area contributed by atoms with Gasteiger partial charge in [0, 0.05) is 6.42 Å². The Labute approximate surface area is 173 Å². The zero-order valence-electron chi connectivity index (χ0n) is 17.4. The van der Waals surface area contributed by atoms with Gasteiger partial charge in [0.1, 0.15) is 17.7 Å². The van der Waals surface area contributed by atoms with Crippen molar-refractivity contribution in [3.05, 3.63) is 48.0 Å². The maximum atomic E-state index is 12.7. The molecule has 9 heteroatoms. The molecule has 2 atom stereocenters. The second-order valence-corrected chi connectivity index (χ2v) is 7.61. The zero-order chi connectivity index (χ0) is 22.9. The van der Waals surface area contributed by atoms with Crippen LogP contribution in [0.25, 0.3) is 0 Å². The van der Waals surface area contributed by atoms with Crippen LogP contribution in [-0.4, -0.2) is 41.6 Å². The average Bonchev–Trinajstić information content (AvgIpc) is 2.62. The number of nitrogens with one attached hydrogen (secondary N) is 2. The molecule has 1 aromatic carbocycles. The lowest BCUT2D eigenvalue weighted by Crippen LogP contribution is -2.55. The van der Waals surface area contributed by atoms with E-state index in [1.165, 1.54) is 0 Å². The molecule has 0 bridgehead atoms. The molecule has 0 aliphatic rings. The molecule has 0 saturated carbocycles. The van der Waals surface area contributed by atoms with Crippen LogP contribution in [0, 0.1) is 0 Å². The number of hydrogen-bond donors (Lipinski definition) is 2. The summed E-state index contributed by atoms with van der Waals surface area (Å²) in [6.07, 6.45) is -1.96. The fourth-order valence-corrected chi connectivity index (χ4v) is 2.43. The lowest BCUT2D eigenvalue weighted by Gasteiger charge is -2.26. The number of esters is 1. The van der Waals surface area contributed by atoms with Gasteiger partial charge in [-0.1, -0.05) is 42.5 Å². The normalized spacial score (nSPS) is 14.1. The number of rotatable bonds is 8. The Kier molecular flexibility index (Phi) is 9.07. The number of benzene rings is 1. The van der Waals surface area contributed by atoms with Crippen molar-refractivity contribution in [2.24, 2.45) is 0 Å². The summed E-state index contributed by atoms with van der Waals surface area (Å²) in [5.74, 6) is -3.88. The Balaban J connectivity index is 3.05. The minimum Gasteiger partial charge on any atom is -0.458 e. The second-order valence-electron chi connectivity index (χ2n) is 7.61. The predicted octanol–water partition coefficient (Wildman–Crippen LogP) is 3.07. The van der Waals surface area contributed by atoms with Gasteiger partial charge in [0.15, 0.2) is 0 Å². The van der Waals surface area contributed by atoms with Crippen LogP contribution in [0.4, 0.5) is 13.2 Å². The third-order valence-electron chi connectivity index (χ3n) is 3.78. The fraction of sp³-hybridized carbons (Fsp3) is 0.476. The summed E-state index contributed by atoms with van der Waals surface area (Å²) in [6, 6.07) is 5.61. The molecule has 0 spiro atoms. The molecule has 1 rings (SSSR count). The Morgan fingerprint density at radius 2 is 1.63 bits per heavy atom. The summed E-state index contributed by atoms with van der Waals surface area (Å²) >= 11 is 0. The van der Waals surface area contributed by atoms with Crippen molar-refractivity contribution in [2.45, 2.75) is 64.4 Å². The van der Waals surface area contributed by atoms with Gasteiger partial charge in [0.2, 0.25) is 5.91 Å². The molecule has 1 aromatic rings. The van der Waals surface area contributed by atoms with E-state index in [0.29, 0.717) is 5.56 Å². The number of ether oxygens (including phenoxy) is 1. The third kappa shape index (κ3) is 9.11. The number of carbonyl (C=O) groups excluding carboxylic acids is 3. The number of alkyl halides is 3. The van der Waals surface area contributed by atoms with Gasteiger partial charge in [-0.05, 0) is 39.7 Å². The third-order valence-corrected chi connectivity index (χ3v) is 3.78. The molecule has 166 valence electrons. The number of carbonyl (C=O) groups is 3. The van der Waals surface area contributed by atoms with Crippen LogP contribution in [0.15, 0.2) is 42.5 Å². The molecule has 0 aliphatic heterocycles. The summed E-state index contributed by atoms with van der Waals surface area (Å²) in [5.41, 5.74) is -0.272. The monoisotopic (exact) mass is 428 g/mol. The van der Waals surface area contributed by atoms with Gasteiger partial charge in [-0.25, -0.2) is 4.79 Å². The van der Waals surface area contributed by atoms with Gasteiger partial charge in [0.25, 0.3) is 0 Å². The molecule has 0 saturated heterocycles. The first kappa shape index (κ1) is 25.2. The molecule has 0 aliphatic carbocycles. The molecule has 0 fully saturated rings. The summed E-state index contributed by atoms with van der Waals surface area (Å²) in [7, 11) is 0. The highest BCUT2D eigenvalue weighted by molar-refractivity contribution is 5.92. The quantitative estimate of drug-likeness (QED) is 0.492. The molecule has 30 heavy (non-hydrogen) atoms. The predicted molar refractivity (Wildman–Crippen MR) is 105 cm³/mol. The standard InChI is InChI=1S/C21H27F3N2O4/c1-5-6-12-15(18(28)30-20(2,3)4)25-17(27)16(26-19(29)21(22,23)24)13-14-10-8-7-9-11-14/h5-11,15-16H,12-13H2,1-4H3,(H,25,27)(H,26,29)/b6-5+/t15-,16-/m0/s1. The summed E-state index contributed by atoms with van der Waals surface area (Å²) < 4.78 is 43.5. The van der Waals surface area contributed by atoms with E-state index in [-0.39, 0.29) is 12.8 Å². The molecule has 6 nitrogen and oxygen atoms in total. The van der Waals surface area contributed by atoms with Crippen LogP contribution < -0.4 is 10.6 Å². The van der Waals surface area contributed by atoms with Gasteiger partial charge in [-0.2, -0.15) is 13.2 Å². The van der Waals surface area contributed by atoms with E-state index in [0.717, 1.165) is 0 Å². The smallest absolute Gasteiger partial charge is 0.458 e. The largest absolute Gasteiger partial charge is 0.471 e. The highest BCUT2D eigenvalue weighted by atomic mass is 19.4. The van der Waals surface area contributed by atoms with Gasteiger partial charge in [0.05, 0.1) is 0 Å². The van der Waals surface area contributed by atoms with Crippen molar-refractivity contribution in [3.63, 3.8) is 0 Å². The van der Waals surface area contributed by atoms with Crippen molar-refractivity contribution < 1.29 is 32.3 Å². The number of halogens is 3. The molecule has 2 N–H and O–H groups in total. The minimum atomic E-state index is -5.15. The van der Waals surface area contributed by atoms with Gasteiger partial charge in [-0.3, -0.25) is 9.59 Å². The van der Waals surface area contributed by atoms with E-state index in [4.69, 9.17) is 4.74 Å². The van der Waals surface area contributed by atoms with Crippen LogP contribution in [-0.2, 0) is 25.5 Å². The lowest BCUT2D eigenvalue weighted by atomic mass is 10.0. The van der Waals surface area contributed by atoms with E-state index in [9.17, 15) is 27.6 Å². The van der Waals surface area contributed by atoms with Crippen molar-refractivity contribution in [2.75, 3.05) is 0 Å². The van der Waals surface area contributed by atoms with Crippen LogP contribution >= 0.6 is 0 Å². The summed E-state index contributed by atoms with van der Waals surface area (Å²) in [4.78, 5) is 36.6. The summed E-state index contributed by atoms with van der Waals surface area (Å²) in [6.45, 7) is 6.68. The number of amides is 2. The number of hydrogen-bond acceptors (Lipinski definition) is 4. The first-order valence-corrected chi connectivity index (χ1v) is 9.39. The van der Waals surface area contributed by atoms with E-state index in [1.807, 2.05) is 0 Å². The van der Waals surface area contributed by atoms with Crippen molar-refractivity contribution in [1.29, 1.82) is 0 Å². The van der Waals surface area contributed by atoms with Crippen LogP contribution in [0.2, 0.25) is 0 Å². The van der Waals surface area contributed by atoms with E-state index < -0.39 is 41.6 Å². The Morgan fingerprint density at radius 3 is 2.13 bits per heavy atom. The molecule has 2 amide bonds. The number of allylic oxidation sites excluding steroid dienone is 1. The molecule has 0 radical (unpaired) electrons. The fourth-order valence-electron chi connectivity index (χ4n) is 2.43. The van der Waals surface area contributed by atoms with E-state index >= 15 is 0 Å².